The quantitative estimate of drug-likeness (QED) is 0.490. The molecule has 0 bridgehead atoms. The van der Waals surface area contributed by atoms with Crippen LogP contribution in [0.25, 0.3) is 0 Å². The summed E-state index contributed by atoms with van der Waals surface area (Å²) in [6.07, 6.45) is 0. The van der Waals surface area contributed by atoms with Crippen LogP contribution in [-0.4, -0.2) is 27.9 Å². The Kier molecular flexibility index (Phi) is 4.17. The second-order valence-electron chi connectivity index (χ2n) is 1.50. The summed E-state index contributed by atoms with van der Waals surface area (Å²) >= 11 is 0. The Morgan fingerprint density at radius 3 is 2.18 bits per heavy atom. The second-order valence-corrected chi connectivity index (χ2v) is 5.20. The average molecular weight is 206 g/mol. The molecular formula is C3H8FO5PS. The summed E-state index contributed by atoms with van der Waals surface area (Å²) in [6, 6.07) is 0. The zero-order valence-corrected chi connectivity index (χ0v) is 7.72. The van der Waals surface area contributed by atoms with Crippen LogP contribution < -0.4 is 0 Å². The molecule has 0 rings (SSSR count). The summed E-state index contributed by atoms with van der Waals surface area (Å²) < 4.78 is 51.6. The van der Waals surface area contributed by atoms with Gasteiger partial charge in [0, 0.05) is 7.11 Å². The van der Waals surface area contributed by atoms with Crippen LogP contribution in [0.2, 0.25) is 0 Å². The molecular weight excluding hydrogens is 198 g/mol. The van der Waals surface area contributed by atoms with Crippen LogP contribution in [0.5, 0.6) is 0 Å². The maximum atomic E-state index is 12.5. The highest BCUT2D eigenvalue weighted by atomic mass is 32.2. The smallest absolute Gasteiger partial charge is 0.309 e. The molecule has 0 saturated carbocycles. The van der Waals surface area contributed by atoms with Crippen LogP contribution in [0.1, 0.15) is 0 Å². The molecule has 0 aliphatic carbocycles. The third-order valence-corrected chi connectivity index (χ3v) is 4.06. The van der Waals surface area contributed by atoms with Crippen molar-refractivity contribution in [1.82, 2.24) is 0 Å². The highest BCUT2D eigenvalue weighted by Crippen LogP contribution is 2.33. The van der Waals surface area contributed by atoms with Crippen molar-refractivity contribution in [3.8, 4) is 0 Å². The molecule has 0 aromatic rings. The van der Waals surface area contributed by atoms with Crippen molar-refractivity contribution in [1.29, 1.82) is 0 Å². The number of halogens is 1. The molecule has 0 amide bonds. The minimum atomic E-state index is -4.37. The lowest BCUT2D eigenvalue weighted by Gasteiger charge is -2.04. The topological polar surface area (TPSA) is 69.7 Å². The Bertz CT molecular complexity index is 236. The van der Waals surface area contributed by atoms with Crippen LogP contribution in [0, 0.1) is 0 Å². The average Bonchev–Trinajstić information content (AvgIpc) is 2.01. The monoisotopic (exact) mass is 206 g/mol. The number of rotatable bonds is 4. The highest BCUT2D eigenvalue weighted by Gasteiger charge is 2.30. The van der Waals surface area contributed by atoms with E-state index in [-0.39, 0.29) is 0 Å². The minimum absolute atomic E-state index is 0.784. The van der Waals surface area contributed by atoms with E-state index < -0.39 is 23.4 Å². The Labute approximate surface area is 64.5 Å². The summed E-state index contributed by atoms with van der Waals surface area (Å²) in [7, 11) is -5.83. The summed E-state index contributed by atoms with van der Waals surface area (Å²) in [5.41, 5.74) is 0. The van der Waals surface area contributed by atoms with Gasteiger partial charge in [-0.1, -0.05) is 0 Å². The van der Waals surface area contributed by atoms with Gasteiger partial charge >= 0.3 is 10.1 Å². The van der Waals surface area contributed by atoms with E-state index in [1.54, 1.807) is 0 Å². The van der Waals surface area contributed by atoms with Crippen LogP contribution in [0.3, 0.4) is 0 Å². The number of hydrogen-bond donors (Lipinski definition) is 0. The van der Waals surface area contributed by atoms with Crippen LogP contribution in [-0.2, 0) is 23.4 Å². The van der Waals surface area contributed by atoms with Gasteiger partial charge in [-0.15, -0.1) is 0 Å². The fourth-order valence-electron chi connectivity index (χ4n) is 0.295. The molecule has 0 radical (unpaired) electrons. The van der Waals surface area contributed by atoms with Gasteiger partial charge in [0.2, 0.25) is 8.03 Å². The van der Waals surface area contributed by atoms with E-state index >= 15 is 0 Å². The lowest BCUT2D eigenvalue weighted by atomic mass is 11.8. The molecule has 2 atom stereocenters. The standard InChI is InChI=1S/C3H8FO5PS/c1-8-10(5)3(4)11(6,7)9-2/h3,10H,1-2H3. The lowest BCUT2D eigenvalue weighted by Crippen LogP contribution is -2.14. The molecule has 0 N–H and O–H groups in total. The van der Waals surface area contributed by atoms with E-state index in [1.165, 1.54) is 0 Å². The Balaban J connectivity index is 4.49. The van der Waals surface area contributed by atoms with E-state index in [0.717, 1.165) is 14.2 Å². The van der Waals surface area contributed by atoms with Crippen molar-refractivity contribution < 1.29 is 26.1 Å². The van der Waals surface area contributed by atoms with Crippen LogP contribution in [0.4, 0.5) is 4.39 Å². The van der Waals surface area contributed by atoms with Crippen LogP contribution in [0.15, 0.2) is 0 Å². The molecule has 5 nitrogen and oxygen atoms in total. The Hall–Kier alpha value is 0.0300. The third kappa shape index (κ3) is 2.86. The molecule has 0 aromatic carbocycles. The number of hydrogen-bond acceptors (Lipinski definition) is 5. The zero-order valence-electron chi connectivity index (χ0n) is 5.90. The van der Waals surface area contributed by atoms with Gasteiger partial charge in [-0.25, -0.2) is 4.39 Å². The molecule has 0 aromatic heterocycles. The zero-order chi connectivity index (χ0) is 9.07. The van der Waals surface area contributed by atoms with Crippen LogP contribution >= 0.6 is 8.03 Å². The summed E-state index contributed by atoms with van der Waals surface area (Å²) in [6.45, 7) is 0. The Morgan fingerprint density at radius 2 is 1.91 bits per heavy atom. The normalized spacial score (nSPS) is 17.7. The Morgan fingerprint density at radius 1 is 1.45 bits per heavy atom. The predicted octanol–water partition coefficient (Wildman–Crippen LogP) is 0.337. The summed E-state index contributed by atoms with van der Waals surface area (Å²) in [5.74, 6) is 0. The molecule has 11 heavy (non-hydrogen) atoms. The van der Waals surface area contributed by atoms with E-state index in [1.807, 2.05) is 0 Å². The van der Waals surface area contributed by atoms with Crippen molar-refractivity contribution in [3.63, 3.8) is 0 Å². The minimum Gasteiger partial charge on any atom is -0.331 e. The molecule has 68 valence electrons. The fourth-order valence-corrected chi connectivity index (χ4v) is 2.17. The largest absolute Gasteiger partial charge is 0.331 e. The molecule has 0 heterocycles. The first kappa shape index (κ1) is 11.0. The maximum absolute atomic E-state index is 12.5. The lowest BCUT2D eigenvalue weighted by molar-refractivity contribution is 0.344. The first-order chi connectivity index (χ1) is 4.95. The van der Waals surface area contributed by atoms with Gasteiger partial charge in [-0.2, -0.15) is 8.42 Å². The molecule has 2 unspecified atom stereocenters. The molecule has 0 spiro atoms. The first-order valence-corrected chi connectivity index (χ1v) is 5.33. The SMILES string of the molecule is CO[PH](=O)C(F)S(=O)(=O)OC. The van der Waals surface area contributed by atoms with Gasteiger partial charge in [0.1, 0.15) is 0 Å². The van der Waals surface area contributed by atoms with Crippen molar-refractivity contribution in [3.05, 3.63) is 0 Å². The first-order valence-electron chi connectivity index (χ1n) is 2.47. The highest BCUT2D eigenvalue weighted by molar-refractivity contribution is 7.92. The van der Waals surface area contributed by atoms with Gasteiger partial charge in [0.25, 0.3) is 5.24 Å². The van der Waals surface area contributed by atoms with Crippen molar-refractivity contribution in [2.45, 2.75) is 5.24 Å². The predicted molar refractivity (Wildman–Crippen MR) is 36.8 cm³/mol. The van der Waals surface area contributed by atoms with Gasteiger partial charge < -0.3 is 4.52 Å². The molecule has 0 saturated heterocycles. The summed E-state index contributed by atoms with van der Waals surface area (Å²) in [5, 5.41) is -2.58. The van der Waals surface area contributed by atoms with Gasteiger partial charge in [0.05, 0.1) is 7.11 Å². The van der Waals surface area contributed by atoms with Gasteiger partial charge in [-0.05, 0) is 0 Å². The van der Waals surface area contributed by atoms with Crippen molar-refractivity contribution >= 4 is 18.1 Å². The van der Waals surface area contributed by atoms with Gasteiger partial charge in [-0.3, -0.25) is 8.75 Å². The number of alkyl halides is 1. The van der Waals surface area contributed by atoms with E-state index in [2.05, 4.69) is 8.71 Å². The fraction of sp³-hybridized carbons (Fsp3) is 1.00. The third-order valence-electron chi connectivity index (χ3n) is 0.872. The van der Waals surface area contributed by atoms with E-state index in [4.69, 9.17) is 0 Å². The second kappa shape index (κ2) is 4.15. The molecule has 0 aliphatic rings. The van der Waals surface area contributed by atoms with Crippen molar-refractivity contribution in [2.75, 3.05) is 14.2 Å². The summed E-state index contributed by atoms with van der Waals surface area (Å²) in [4.78, 5) is 0. The van der Waals surface area contributed by atoms with E-state index in [0.29, 0.717) is 0 Å². The molecule has 0 aliphatic heterocycles. The maximum Gasteiger partial charge on any atom is 0.309 e. The van der Waals surface area contributed by atoms with E-state index in [9.17, 15) is 17.4 Å². The molecule has 0 fully saturated rings. The molecule has 8 heteroatoms. The van der Waals surface area contributed by atoms with Crippen molar-refractivity contribution in [2.24, 2.45) is 0 Å². The van der Waals surface area contributed by atoms with Gasteiger partial charge in [0.15, 0.2) is 0 Å².